The Hall–Kier alpha value is -7.37. The van der Waals surface area contributed by atoms with Gasteiger partial charge in [-0.25, -0.2) is 0 Å². The first kappa shape index (κ1) is 30.3. The quantitative estimate of drug-likeness (QED) is 0.172. The summed E-state index contributed by atoms with van der Waals surface area (Å²) in [6.07, 6.45) is 0. The number of rotatable bonds is 4. The summed E-state index contributed by atoms with van der Waals surface area (Å²) in [5, 5.41) is 3.49. The van der Waals surface area contributed by atoms with Gasteiger partial charge in [0.2, 0.25) is 5.43 Å². The molecule has 0 spiro atoms. The van der Waals surface area contributed by atoms with Crippen LogP contribution in [0.15, 0.2) is 191 Å². The molecule has 1 aliphatic rings. The van der Waals surface area contributed by atoms with E-state index in [2.05, 4.69) is 125 Å². The minimum Gasteiger partial charge on any atom is -0.456 e. The maximum Gasteiger partial charge on any atom is 0.200 e. The standard InChI is InChI=1S/C49H30N2O3/c52-49-38-16-8-10-18-45(38)53-46-29-35(21-23-39(46)49)51-43-25-20-34(32-13-5-2-6-14-32)28-47(43)54-48-30-36(22-26-44(48)51)50-41-17-9-7-15-37(41)40-27-33(19-24-42(40)50)31-11-3-1-4-12-31/h1-30H. The number of anilines is 3. The van der Waals surface area contributed by atoms with Gasteiger partial charge in [-0.3, -0.25) is 4.79 Å². The lowest BCUT2D eigenvalue weighted by atomic mass is 10.0. The van der Waals surface area contributed by atoms with Crippen molar-refractivity contribution in [3.63, 3.8) is 0 Å². The van der Waals surface area contributed by atoms with Gasteiger partial charge < -0.3 is 18.6 Å². The minimum absolute atomic E-state index is 0.0413. The predicted molar refractivity (Wildman–Crippen MR) is 220 cm³/mol. The van der Waals surface area contributed by atoms with Crippen molar-refractivity contribution in [3.05, 3.63) is 192 Å². The number of benzene rings is 8. The summed E-state index contributed by atoms with van der Waals surface area (Å²) in [6, 6.07) is 62.1. The Morgan fingerprint density at radius 1 is 0.389 bits per heavy atom. The van der Waals surface area contributed by atoms with E-state index >= 15 is 0 Å². The normalized spacial score (nSPS) is 12.3. The third kappa shape index (κ3) is 4.69. The summed E-state index contributed by atoms with van der Waals surface area (Å²) in [5.74, 6) is 1.45. The summed E-state index contributed by atoms with van der Waals surface area (Å²) in [7, 11) is 0. The molecule has 0 N–H and O–H groups in total. The highest BCUT2D eigenvalue weighted by molar-refractivity contribution is 6.10. The van der Waals surface area contributed by atoms with E-state index in [1.165, 1.54) is 21.9 Å². The fourth-order valence-corrected chi connectivity index (χ4v) is 8.02. The SMILES string of the molecule is O=c1c2ccccc2oc2cc(N3c4ccc(-c5ccccc5)cc4Oc4cc(-n5c6ccccc6c6cc(-c7ccccc7)ccc65)ccc43)ccc12. The lowest BCUT2D eigenvalue weighted by Gasteiger charge is -2.33. The molecule has 0 unspecified atom stereocenters. The van der Waals surface area contributed by atoms with Gasteiger partial charge in [0.15, 0.2) is 11.5 Å². The molecule has 0 radical (unpaired) electrons. The van der Waals surface area contributed by atoms with E-state index in [0.717, 1.165) is 56.4 Å². The number of hydrogen-bond acceptors (Lipinski definition) is 4. The third-order valence-electron chi connectivity index (χ3n) is 10.6. The van der Waals surface area contributed by atoms with Crippen LogP contribution in [-0.2, 0) is 0 Å². The molecule has 10 aromatic rings. The van der Waals surface area contributed by atoms with Gasteiger partial charge in [0.25, 0.3) is 0 Å². The van der Waals surface area contributed by atoms with Crippen LogP contribution in [0.1, 0.15) is 0 Å². The lowest BCUT2D eigenvalue weighted by molar-refractivity contribution is 0.477. The molecule has 0 saturated carbocycles. The van der Waals surface area contributed by atoms with Crippen molar-refractivity contribution < 1.29 is 9.15 Å². The topological polar surface area (TPSA) is 47.6 Å². The zero-order valence-corrected chi connectivity index (χ0v) is 28.9. The number of para-hydroxylation sites is 2. The molecular formula is C49H30N2O3. The summed E-state index contributed by atoms with van der Waals surface area (Å²) in [6.45, 7) is 0. The van der Waals surface area contributed by atoms with E-state index in [1.54, 1.807) is 0 Å². The van der Waals surface area contributed by atoms with Crippen molar-refractivity contribution in [1.82, 2.24) is 4.57 Å². The average Bonchev–Trinajstić information content (AvgIpc) is 3.56. The van der Waals surface area contributed by atoms with Gasteiger partial charge in [-0.15, -0.1) is 0 Å². The van der Waals surface area contributed by atoms with E-state index in [9.17, 15) is 4.79 Å². The molecule has 8 aromatic carbocycles. The number of fused-ring (bicyclic) bond motifs is 7. The lowest BCUT2D eigenvalue weighted by Crippen LogP contribution is -2.16. The van der Waals surface area contributed by atoms with E-state index < -0.39 is 0 Å². The highest BCUT2D eigenvalue weighted by Gasteiger charge is 2.28. The number of aromatic nitrogens is 1. The van der Waals surface area contributed by atoms with Crippen molar-refractivity contribution in [3.8, 4) is 39.4 Å². The summed E-state index contributed by atoms with van der Waals surface area (Å²) in [4.78, 5) is 15.7. The van der Waals surface area contributed by atoms with Gasteiger partial charge in [-0.2, -0.15) is 0 Å². The molecule has 1 aliphatic heterocycles. The van der Waals surface area contributed by atoms with Crippen LogP contribution in [0, 0.1) is 0 Å². The van der Waals surface area contributed by atoms with Crippen molar-refractivity contribution in [2.45, 2.75) is 0 Å². The van der Waals surface area contributed by atoms with Crippen LogP contribution in [0.4, 0.5) is 17.1 Å². The van der Waals surface area contributed by atoms with Gasteiger partial charge in [0, 0.05) is 22.9 Å². The van der Waals surface area contributed by atoms with Gasteiger partial charge in [0.05, 0.1) is 44.6 Å². The number of hydrogen-bond donors (Lipinski definition) is 0. The summed E-state index contributed by atoms with van der Waals surface area (Å²) in [5.41, 5.74) is 11.4. The molecule has 5 nitrogen and oxygen atoms in total. The second-order valence-corrected chi connectivity index (χ2v) is 13.7. The van der Waals surface area contributed by atoms with E-state index in [0.29, 0.717) is 21.9 Å². The van der Waals surface area contributed by atoms with Crippen molar-refractivity contribution >= 4 is 60.8 Å². The van der Waals surface area contributed by atoms with Crippen LogP contribution in [-0.4, -0.2) is 4.57 Å². The molecule has 54 heavy (non-hydrogen) atoms. The highest BCUT2D eigenvalue weighted by Crippen LogP contribution is 2.52. The Labute approximate surface area is 310 Å². The number of ether oxygens (including phenoxy) is 1. The Kier molecular flexibility index (Phi) is 6.64. The Balaban J connectivity index is 1.11. The van der Waals surface area contributed by atoms with E-state index in [4.69, 9.17) is 9.15 Å². The van der Waals surface area contributed by atoms with Crippen LogP contribution in [0.3, 0.4) is 0 Å². The first-order chi connectivity index (χ1) is 26.7. The van der Waals surface area contributed by atoms with Crippen LogP contribution in [0.25, 0.3) is 71.7 Å². The predicted octanol–water partition coefficient (Wildman–Crippen LogP) is 13.0. The summed E-state index contributed by atoms with van der Waals surface area (Å²) < 4.78 is 15.5. The molecule has 5 heteroatoms. The molecule has 0 fully saturated rings. The van der Waals surface area contributed by atoms with Gasteiger partial charge in [-0.05, 0) is 89.0 Å². The third-order valence-corrected chi connectivity index (χ3v) is 10.6. The van der Waals surface area contributed by atoms with E-state index in [1.807, 2.05) is 66.7 Å². The van der Waals surface area contributed by atoms with Crippen LogP contribution in [0.5, 0.6) is 11.5 Å². The zero-order chi connectivity index (χ0) is 35.8. The monoisotopic (exact) mass is 694 g/mol. The van der Waals surface area contributed by atoms with Crippen LogP contribution < -0.4 is 15.1 Å². The fourth-order valence-electron chi connectivity index (χ4n) is 8.02. The van der Waals surface area contributed by atoms with E-state index in [-0.39, 0.29) is 5.43 Å². The van der Waals surface area contributed by atoms with Crippen molar-refractivity contribution in [2.24, 2.45) is 0 Å². The molecule has 254 valence electrons. The Bertz CT molecular complexity index is 3160. The highest BCUT2D eigenvalue weighted by atomic mass is 16.5. The van der Waals surface area contributed by atoms with Gasteiger partial charge in [0.1, 0.15) is 11.2 Å². The maximum absolute atomic E-state index is 13.5. The number of nitrogens with zero attached hydrogens (tertiary/aromatic N) is 2. The summed E-state index contributed by atoms with van der Waals surface area (Å²) >= 11 is 0. The average molecular weight is 695 g/mol. The molecule has 0 amide bonds. The first-order valence-electron chi connectivity index (χ1n) is 18.0. The molecule has 2 aromatic heterocycles. The Morgan fingerprint density at radius 3 is 1.78 bits per heavy atom. The molecule has 0 aliphatic carbocycles. The van der Waals surface area contributed by atoms with Crippen LogP contribution in [0.2, 0.25) is 0 Å². The van der Waals surface area contributed by atoms with Crippen molar-refractivity contribution in [1.29, 1.82) is 0 Å². The molecule has 0 bridgehead atoms. The van der Waals surface area contributed by atoms with Gasteiger partial charge >= 0.3 is 0 Å². The second kappa shape index (κ2) is 11.8. The molecule has 3 heterocycles. The maximum atomic E-state index is 13.5. The van der Waals surface area contributed by atoms with Gasteiger partial charge in [-0.1, -0.05) is 103 Å². The second-order valence-electron chi connectivity index (χ2n) is 13.7. The molecular weight excluding hydrogens is 665 g/mol. The molecule has 0 saturated heterocycles. The molecule has 11 rings (SSSR count). The largest absolute Gasteiger partial charge is 0.456 e. The Morgan fingerprint density at radius 2 is 0.981 bits per heavy atom. The minimum atomic E-state index is -0.0413. The van der Waals surface area contributed by atoms with Crippen LogP contribution >= 0.6 is 0 Å². The van der Waals surface area contributed by atoms with Crippen molar-refractivity contribution in [2.75, 3.05) is 4.90 Å². The zero-order valence-electron chi connectivity index (χ0n) is 28.9. The fraction of sp³-hybridized carbons (Fsp3) is 0. The first-order valence-corrected chi connectivity index (χ1v) is 18.0. The smallest absolute Gasteiger partial charge is 0.200 e. The molecule has 0 atom stereocenters.